The van der Waals surface area contributed by atoms with Crippen LogP contribution >= 0.6 is 11.3 Å². The highest BCUT2D eigenvalue weighted by atomic mass is 32.2. The quantitative estimate of drug-likeness (QED) is 0.365. The lowest BCUT2D eigenvalue weighted by Crippen LogP contribution is -2.11. The van der Waals surface area contributed by atoms with Crippen molar-refractivity contribution in [2.45, 2.75) is 36.6 Å². The second-order valence-corrected chi connectivity index (χ2v) is 7.69. The summed E-state index contributed by atoms with van der Waals surface area (Å²) < 4.78 is 23.0. The molecule has 12 nitrogen and oxygen atoms in total. The van der Waals surface area contributed by atoms with Gasteiger partial charge in [0.25, 0.3) is 10.0 Å². The number of aryl methyl sites for hydroxylation is 1. The Hall–Kier alpha value is -2.45. The minimum Gasteiger partial charge on any atom is -0.480 e. The SMILES string of the molecule is NS(=O)(=O)c1nnc(NC(=O)CCCCc2cn(CC(=O)O)nn2)s1. The Morgan fingerprint density at radius 2 is 2.04 bits per heavy atom. The maximum Gasteiger partial charge on any atom is 0.325 e. The van der Waals surface area contributed by atoms with Crippen molar-refractivity contribution < 1.29 is 23.1 Å². The van der Waals surface area contributed by atoms with E-state index in [0.717, 1.165) is 0 Å². The Morgan fingerprint density at radius 3 is 2.68 bits per heavy atom. The summed E-state index contributed by atoms with van der Waals surface area (Å²) in [6, 6.07) is 0. The Kier molecular flexibility index (Phi) is 6.11. The van der Waals surface area contributed by atoms with Gasteiger partial charge in [-0.25, -0.2) is 18.2 Å². The molecule has 0 atom stereocenters. The van der Waals surface area contributed by atoms with Gasteiger partial charge in [0.1, 0.15) is 6.54 Å². The predicted molar refractivity (Wildman–Crippen MR) is 85.1 cm³/mol. The van der Waals surface area contributed by atoms with Gasteiger partial charge >= 0.3 is 5.97 Å². The van der Waals surface area contributed by atoms with E-state index in [4.69, 9.17) is 10.2 Å². The number of aromatic nitrogens is 5. The number of carboxylic acid groups (broad SMARTS) is 1. The average Bonchev–Trinajstić information content (AvgIpc) is 3.12. The predicted octanol–water partition coefficient (Wildman–Crippen LogP) is -0.787. The zero-order valence-electron chi connectivity index (χ0n) is 12.8. The van der Waals surface area contributed by atoms with Crippen LogP contribution in [0, 0.1) is 0 Å². The van der Waals surface area contributed by atoms with Crippen LogP contribution < -0.4 is 10.5 Å². The lowest BCUT2D eigenvalue weighted by molar-refractivity contribution is -0.137. The van der Waals surface area contributed by atoms with E-state index >= 15 is 0 Å². The zero-order valence-corrected chi connectivity index (χ0v) is 14.5. The van der Waals surface area contributed by atoms with Crippen molar-refractivity contribution in [1.82, 2.24) is 25.2 Å². The van der Waals surface area contributed by atoms with Crippen molar-refractivity contribution in [1.29, 1.82) is 0 Å². The second-order valence-electron chi connectivity index (χ2n) is 4.97. The first kappa shape index (κ1) is 18.9. The van der Waals surface area contributed by atoms with Crippen LogP contribution in [-0.4, -0.2) is 50.6 Å². The van der Waals surface area contributed by atoms with Crippen LogP contribution in [0.2, 0.25) is 0 Å². The molecule has 2 rings (SSSR count). The summed E-state index contributed by atoms with van der Waals surface area (Å²) in [5.74, 6) is -1.33. The Labute approximate surface area is 146 Å². The van der Waals surface area contributed by atoms with E-state index in [-0.39, 0.29) is 28.3 Å². The fraction of sp³-hybridized carbons (Fsp3) is 0.455. The second kappa shape index (κ2) is 8.09. The van der Waals surface area contributed by atoms with E-state index in [2.05, 4.69) is 25.8 Å². The summed E-state index contributed by atoms with van der Waals surface area (Å²) in [5, 5.41) is 30.5. The van der Waals surface area contributed by atoms with Gasteiger partial charge in [0.2, 0.25) is 15.4 Å². The van der Waals surface area contributed by atoms with Gasteiger partial charge in [-0.15, -0.1) is 15.3 Å². The van der Waals surface area contributed by atoms with Crippen LogP contribution in [-0.2, 0) is 32.6 Å². The molecule has 4 N–H and O–H groups in total. The lowest BCUT2D eigenvalue weighted by Gasteiger charge is -2.00. The summed E-state index contributed by atoms with van der Waals surface area (Å²) in [7, 11) is -3.93. The van der Waals surface area contributed by atoms with Gasteiger partial charge in [-0.3, -0.25) is 9.59 Å². The number of aliphatic carboxylic acids is 1. The highest BCUT2D eigenvalue weighted by molar-refractivity contribution is 7.91. The largest absolute Gasteiger partial charge is 0.480 e. The van der Waals surface area contributed by atoms with Crippen molar-refractivity contribution >= 4 is 38.4 Å². The van der Waals surface area contributed by atoms with E-state index in [0.29, 0.717) is 36.3 Å². The number of anilines is 1. The third kappa shape index (κ3) is 6.17. The van der Waals surface area contributed by atoms with E-state index in [1.165, 1.54) is 4.68 Å². The van der Waals surface area contributed by atoms with E-state index < -0.39 is 16.0 Å². The van der Waals surface area contributed by atoms with Crippen molar-refractivity contribution in [3.63, 3.8) is 0 Å². The highest BCUT2D eigenvalue weighted by Crippen LogP contribution is 2.18. The molecule has 0 aliphatic carbocycles. The highest BCUT2D eigenvalue weighted by Gasteiger charge is 2.16. The average molecular weight is 389 g/mol. The first-order chi connectivity index (χ1) is 11.7. The summed E-state index contributed by atoms with van der Waals surface area (Å²) in [6.45, 7) is -0.252. The molecular formula is C11H15N7O5S2. The van der Waals surface area contributed by atoms with Gasteiger partial charge in [-0.05, 0) is 19.3 Å². The molecule has 0 radical (unpaired) electrons. The Balaban J connectivity index is 1.71. The number of carbonyl (C=O) groups is 2. The number of sulfonamides is 1. The summed E-state index contributed by atoms with van der Waals surface area (Å²) in [4.78, 5) is 22.3. The third-order valence-electron chi connectivity index (χ3n) is 2.87. The number of carboxylic acids is 1. The molecule has 0 spiro atoms. The number of primary sulfonamides is 1. The Bertz CT molecular complexity index is 860. The first-order valence-corrected chi connectivity index (χ1v) is 9.37. The molecule has 25 heavy (non-hydrogen) atoms. The maximum absolute atomic E-state index is 11.8. The topological polar surface area (TPSA) is 183 Å². The van der Waals surface area contributed by atoms with Crippen molar-refractivity contribution in [3.8, 4) is 0 Å². The summed E-state index contributed by atoms with van der Waals surface area (Å²) in [5.41, 5.74) is 0.642. The smallest absolute Gasteiger partial charge is 0.325 e. The van der Waals surface area contributed by atoms with Crippen LogP contribution in [0.25, 0.3) is 0 Å². The van der Waals surface area contributed by atoms with Gasteiger partial charge < -0.3 is 10.4 Å². The normalized spacial score (nSPS) is 11.4. The summed E-state index contributed by atoms with van der Waals surface area (Å²) >= 11 is 0.676. The number of unbranched alkanes of at least 4 members (excludes halogenated alkanes) is 1. The molecule has 0 aliphatic rings. The molecule has 0 saturated heterocycles. The van der Waals surface area contributed by atoms with Gasteiger partial charge in [0.15, 0.2) is 0 Å². The fourth-order valence-electron chi connectivity index (χ4n) is 1.82. The molecule has 2 aromatic heterocycles. The minimum atomic E-state index is -3.93. The molecule has 136 valence electrons. The molecule has 0 fully saturated rings. The molecule has 2 heterocycles. The molecular weight excluding hydrogens is 374 g/mol. The van der Waals surface area contributed by atoms with Crippen LogP contribution in [0.15, 0.2) is 10.5 Å². The number of nitrogens with two attached hydrogens (primary N) is 1. The maximum atomic E-state index is 11.8. The van der Waals surface area contributed by atoms with Gasteiger partial charge in [0, 0.05) is 12.6 Å². The van der Waals surface area contributed by atoms with Crippen molar-refractivity contribution in [3.05, 3.63) is 11.9 Å². The number of nitrogens with zero attached hydrogens (tertiary/aromatic N) is 5. The molecule has 0 bridgehead atoms. The Morgan fingerprint density at radius 1 is 1.28 bits per heavy atom. The van der Waals surface area contributed by atoms with Crippen LogP contribution in [0.4, 0.5) is 5.13 Å². The van der Waals surface area contributed by atoms with Crippen molar-refractivity contribution in [2.24, 2.45) is 5.14 Å². The fourth-order valence-corrected chi connectivity index (χ4v) is 3.17. The standard InChI is InChI=1S/C11H15N7O5S2/c12-25(22,23)11-16-15-10(24-11)13-8(19)4-2-1-3-7-5-18(17-14-7)6-9(20)21/h5H,1-4,6H2,(H,20,21)(H2,12,22,23)(H,13,15,19). The summed E-state index contributed by atoms with van der Waals surface area (Å²) in [6.07, 6.45) is 3.51. The van der Waals surface area contributed by atoms with Gasteiger partial charge in [-0.2, -0.15) is 0 Å². The number of amides is 1. The molecule has 14 heteroatoms. The minimum absolute atomic E-state index is 0.0608. The van der Waals surface area contributed by atoms with Crippen LogP contribution in [0.3, 0.4) is 0 Å². The molecule has 0 aliphatic heterocycles. The number of rotatable bonds is 9. The number of hydrogen-bond acceptors (Lipinski definition) is 9. The lowest BCUT2D eigenvalue weighted by atomic mass is 10.1. The van der Waals surface area contributed by atoms with E-state index in [9.17, 15) is 18.0 Å². The van der Waals surface area contributed by atoms with Gasteiger partial charge in [0.05, 0.1) is 5.69 Å². The molecule has 0 saturated carbocycles. The van der Waals surface area contributed by atoms with E-state index in [1.807, 2.05) is 0 Å². The van der Waals surface area contributed by atoms with Crippen molar-refractivity contribution in [2.75, 3.05) is 5.32 Å². The zero-order chi connectivity index (χ0) is 18.4. The number of carbonyl (C=O) groups excluding carboxylic acids is 1. The molecule has 0 aromatic carbocycles. The van der Waals surface area contributed by atoms with Crippen LogP contribution in [0.1, 0.15) is 25.0 Å². The van der Waals surface area contributed by atoms with Gasteiger partial charge in [-0.1, -0.05) is 16.6 Å². The number of hydrogen-bond donors (Lipinski definition) is 3. The third-order valence-corrected chi connectivity index (χ3v) is 5.02. The molecule has 0 unspecified atom stereocenters. The molecule has 2 aromatic rings. The van der Waals surface area contributed by atoms with Crippen LogP contribution in [0.5, 0.6) is 0 Å². The molecule has 1 amide bonds. The first-order valence-electron chi connectivity index (χ1n) is 7.01. The monoisotopic (exact) mass is 389 g/mol. The van der Waals surface area contributed by atoms with E-state index in [1.54, 1.807) is 6.20 Å². The number of nitrogens with one attached hydrogen (secondary N) is 1.